The van der Waals surface area contributed by atoms with E-state index in [0.717, 1.165) is 0 Å². The first kappa shape index (κ1) is 28.5. The van der Waals surface area contributed by atoms with E-state index in [-0.39, 0.29) is 0 Å². The van der Waals surface area contributed by atoms with E-state index >= 15 is 0 Å². The molecule has 0 N–H and O–H groups in total. The maximum atomic E-state index is 2.51. The molecule has 0 aromatic heterocycles. The quantitative estimate of drug-likeness (QED) is 0.134. The van der Waals surface area contributed by atoms with Crippen LogP contribution < -0.4 is 0 Å². The average molecular weight is 633 g/mol. The molecule has 50 heavy (non-hydrogen) atoms. The third-order valence-electron chi connectivity index (χ3n) is 10.4. The van der Waals surface area contributed by atoms with Crippen molar-refractivity contribution in [1.29, 1.82) is 0 Å². The van der Waals surface area contributed by atoms with Crippen LogP contribution >= 0.6 is 0 Å². The molecule has 0 amide bonds. The van der Waals surface area contributed by atoms with Gasteiger partial charge in [0.15, 0.2) is 0 Å². The first-order valence-electron chi connectivity index (χ1n) is 17.4. The van der Waals surface area contributed by atoms with Crippen LogP contribution in [0.25, 0.3) is 98.4 Å². The zero-order valence-electron chi connectivity index (χ0n) is 27.5. The van der Waals surface area contributed by atoms with Gasteiger partial charge < -0.3 is 0 Å². The molecule has 0 fully saturated rings. The van der Waals surface area contributed by atoms with Crippen molar-refractivity contribution < 1.29 is 0 Å². The molecule has 0 aliphatic heterocycles. The molecule has 0 atom stereocenters. The zero-order valence-corrected chi connectivity index (χ0v) is 27.5. The van der Waals surface area contributed by atoms with Crippen molar-refractivity contribution in [3.63, 3.8) is 0 Å². The maximum Gasteiger partial charge on any atom is -0.00201 e. The number of hydrogen-bond acceptors (Lipinski definition) is 0. The largest absolute Gasteiger partial charge is 0.0622 e. The minimum absolute atomic E-state index is 1.22. The Morgan fingerprint density at radius 1 is 0.180 bits per heavy atom. The van der Waals surface area contributed by atoms with Gasteiger partial charge in [0.05, 0.1) is 0 Å². The molecule has 0 heteroatoms. The van der Waals surface area contributed by atoms with E-state index in [2.05, 4.69) is 194 Å². The van der Waals surface area contributed by atoms with E-state index in [1.54, 1.807) is 0 Å². The third-order valence-corrected chi connectivity index (χ3v) is 10.4. The highest BCUT2D eigenvalue weighted by Crippen LogP contribution is 2.50. The molecule has 0 nitrogen and oxygen atoms in total. The van der Waals surface area contributed by atoms with Crippen LogP contribution in [0.1, 0.15) is 0 Å². The lowest BCUT2D eigenvalue weighted by Gasteiger charge is -2.22. The molecule has 0 heterocycles. The van der Waals surface area contributed by atoms with Crippen LogP contribution in [0.2, 0.25) is 0 Å². The highest BCUT2D eigenvalue weighted by molar-refractivity contribution is 6.29. The maximum absolute atomic E-state index is 2.51. The van der Waals surface area contributed by atoms with E-state index in [1.807, 2.05) is 0 Å². The second-order valence-electron chi connectivity index (χ2n) is 13.2. The van der Waals surface area contributed by atoms with Crippen LogP contribution in [0.3, 0.4) is 0 Å². The molecule has 232 valence electrons. The second-order valence-corrected chi connectivity index (χ2v) is 13.2. The molecule has 0 aliphatic rings. The van der Waals surface area contributed by atoms with Gasteiger partial charge in [-0.05, 0) is 117 Å². The Hall–Kier alpha value is -6.50. The molecule has 10 aromatic rings. The van der Waals surface area contributed by atoms with Crippen LogP contribution in [0.15, 0.2) is 194 Å². The van der Waals surface area contributed by atoms with Crippen LogP contribution in [0.5, 0.6) is 0 Å². The third kappa shape index (κ3) is 4.46. The summed E-state index contributed by atoms with van der Waals surface area (Å²) in [4.78, 5) is 0. The molecule has 10 aromatic carbocycles. The van der Waals surface area contributed by atoms with Crippen LogP contribution in [0.4, 0.5) is 0 Å². The lowest BCUT2D eigenvalue weighted by atomic mass is 9.81. The van der Waals surface area contributed by atoms with E-state index in [9.17, 15) is 0 Å². The van der Waals surface area contributed by atoms with Crippen molar-refractivity contribution in [2.24, 2.45) is 0 Å². The molecule has 0 saturated heterocycles. The fourth-order valence-corrected chi connectivity index (χ4v) is 8.24. The first-order chi connectivity index (χ1) is 24.8. The Kier molecular flexibility index (Phi) is 6.60. The Balaban J connectivity index is 1.46. The number of fused-ring (bicyclic) bond motifs is 6. The van der Waals surface area contributed by atoms with Gasteiger partial charge in [0, 0.05) is 0 Å². The number of rotatable bonds is 4. The van der Waals surface area contributed by atoms with E-state index in [1.165, 1.54) is 98.4 Å². The van der Waals surface area contributed by atoms with Crippen LogP contribution in [-0.2, 0) is 0 Å². The van der Waals surface area contributed by atoms with Crippen molar-refractivity contribution in [2.45, 2.75) is 0 Å². The smallest absolute Gasteiger partial charge is 0.00201 e. The van der Waals surface area contributed by atoms with Gasteiger partial charge in [-0.1, -0.05) is 176 Å². The predicted molar refractivity (Wildman–Crippen MR) is 216 cm³/mol. The lowest BCUT2D eigenvalue weighted by Crippen LogP contribution is -1.95. The first-order valence-corrected chi connectivity index (χ1v) is 17.4. The summed E-state index contributed by atoms with van der Waals surface area (Å²) >= 11 is 0. The van der Waals surface area contributed by atoms with Gasteiger partial charge in [0.2, 0.25) is 0 Å². The van der Waals surface area contributed by atoms with Crippen molar-refractivity contribution >= 4 is 53.9 Å². The Bertz CT molecular complexity index is 2880. The average Bonchev–Trinajstić information content (AvgIpc) is 3.19. The van der Waals surface area contributed by atoms with Crippen molar-refractivity contribution in [1.82, 2.24) is 0 Å². The highest BCUT2D eigenvalue weighted by atomic mass is 14.2. The Morgan fingerprint density at radius 2 is 0.560 bits per heavy atom. The fraction of sp³-hybridized carbons (Fsp3) is 0. The topological polar surface area (TPSA) is 0 Å². The summed E-state index contributed by atoms with van der Waals surface area (Å²) in [5.41, 5.74) is 10.00. The molecular weight excluding hydrogens is 601 g/mol. The van der Waals surface area contributed by atoms with E-state index < -0.39 is 0 Å². The fourth-order valence-electron chi connectivity index (χ4n) is 8.24. The lowest BCUT2D eigenvalue weighted by molar-refractivity contribution is 1.64. The summed E-state index contributed by atoms with van der Waals surface area (Å²) in [6, 6.07) is 71.4. The molecule has 0 aliphatic carbocycles. The standard InChI is InChI=1S/C50H32/c1-4-17-34(18-5-1)47-41-26-14-15-27-42(41)48(35-19-6-2-7-20-35)46-32-44-43(31-45(46)47)39-24-12-13-25-40(39)50(49(44)36-21-8-3-9-22-36)38-29-28-33-16-10-11-23-37(33)30-38/h1-32H. The Morgan fingerprint density at radius 3 is 1.12 bits per heavy atom. The SMILES string of the molecule is c1ccc(-c2c3ccccc3c(-c3ccccc3)c3cc4c(cc23)c(-c2ccccc2)c(-c2ccc3ccccc3c2)c2ccccc24)cc1. The van der Waals surface area contributed by atoms with Crippen LogP contribution in [0, 0.1) is 0 Å². The minimum atomic E-state index is 1.22. The van der Waals surface area contributed by atoms with Gasteiger partial charge in [-0.2, -0.15) is 0 Å². The van der Waals surface area contributed by atoms with E-state index in [4.69, 9.17) is 0 Å². The Labute approximate surface area is 291 Å². The van der Waals surface area contributed by atoms with Crippen molar-refractivity contribution in [2.75, 3.05) is 0 Å². The second kappa shape index (κ2) is 11.6. The van der Waals surface area contributed by atoms with Gasteiger partial charge in [-0.3, -0.25) is 0 Å². The summed E-state index contributed by atoms with van der Waals surface area (Å²) < 4.78 is 0. The van der Waals surface area contributed by atoms with Crippen molar-refractivity contribution in [3.8, 4) is 44.5 Å². The summed E-state index contributed by atoms with van der Waals surface area (Å²) in [7, 11) is 0. The molecule has 0 unspecified atom stereocenters. The summed E-state index contributed by atoms with van der Waals surface area (Å²) in [6.45, 7) is 0. The van der Waals surface area contributed by atoms with Gasteiger partial charge in [-0.15, -0.1) is 0 Å². The molecule has 10 rings (SSSR count). The number of hydrogen-bond donors (Lipinski definition) is 0. The van der Waals surface area contributed by atoms with Gasteiger partial charge in [0.25, 0.3) is 0 Å². The minimum Gasteiger partial charge on any atom is -0.0622 e. The van der Waals surface area contributed by atoms with Gasteiger partial charge in [0.1, 0.15) is 0 Å². The monoisotopic (exact) mass is 632 g/mol. The summed E-state index contributed by atoms with van der Waals surface area (Å²) in [6.07, 6.45) is 0. The van der Waals surface area contributed by atoms with Crippen molar-refractivity contribution in [3.05, 3.63) is 194 Å². The van der Waals surface area contributed by atoms with Crippen LogP contribution in [-0.4, -0.2) is 0 Å². The summed E-state index contributed by atoms with van der Waals surface area (Å²) in [5, 5.41) is 12.6. The molecule has 0 saturated carbocycles. The van der Waals surface area contributed by atoms with Gasteiger partial charge in [-0.25, -0.2) is 0 Å². The molecule has 0 bridgehead atoms. The van der Waals surface area contributed by atoms with E-state index in [0.29, 0.717) is 0 Å². The highest BCUT2D eigenvalue weighted by Gasteiger charge is 2.22. The van der Waals surface area contributed by atoms with Gasteiger partial charge >= 0.3 is 0 Å². The molecular formula is C50H32. The number of benzene rings is 10. The summed E-state index contributed by atoms with van der Waals surface area (Å²) in [5.74, 6) is 0. The molecule has 0 spiro atoms. The zero-order chi connectivity index (χ0) is 33.0. The predicted octanol–water partition coefficient (Wildman–Crippen LogP) is 14.1. The molecule has 0 radical (unpaired) electrons. The normalized spacial score (nSPS) is 11.6.